The van der Waals surface area contributed by atoms with E-state index in [1.807, 2.05) is 43.3 Å². The number of benzene rings is 2. The van der Waals surface area contributed by atoms with Crippen LogP contribution in [0.25, 0.3) is 16.8 Å². The van der Waals surface area contributed by atoms with E-state index in [-0.39, 0.29) is 16.1 Å². The van der Waals surface area contributed by atoms with Crippen molar-refractivity contribution in [1.82, 2.24) is 10.4 Å². The molecule has 3 aromatic rings. The molecule has 1 aromatic heterocycles. The highest BCUT2D eigenvalue weighted by molar-refractivity contribution is 8.26. The minimum Gasteiger partial charge on any atom is -0.493 e. The number of thiophene rings is 1. The minimum atomic E-state index is -0.363. The Bertz CT molecular complexity index is 1140. The van der Waals surface area contributed by atoms with E-state index in [1.165, 1.54) is 11.3 Å². The maximum atomic E-state index is 12.9. The minimum absolute atomic E-state index is 0.282. The standard InChI is InChI=1S/C21H16N2O3S3/c1-2-26-16-10-9-13-6-3-4-7-14(13)15(16)12-18-20(25)23(21(27)29-18)22-19(24)17-8-5-11-28-17/h3-12H,2H2,1H3,(H,22,24)/b18-12+. The van der Waals surface area contributed by atoms with E-state index < -0.39 is 0 Å². The molecule has 2 heterocycles. The molecule has 8 heteroatoms. The summed E-state index contributed by atoms with van der Waals surface area (Å²) in [4.78, 5) is 26.2. The first-order chi connectivity index (χ1) is 14.1. The highest BCUT2D eigenvalue weighted by Crippen LogP contribution is 2.36. The second-order valence-corrected chi connectivity index (χ2v) is 8.69. The molecule has 0 unspecified atom stereocenters. The van der Waals surface area contributed by atoms with Crippen molar-refractivity contribution < 1.29 is 14.3 Å². The van der Waals surface area contributed by atoms with Crippen molar-refractivity contribution in [2.24, 2.45) is 0 Å². The average molecular weight is 441 g/mol. The predicted octanol–water partition coefficient (Wildman–Crippen LogP) is 4.85. The Morgan fingerprint density at radius 1 is 1.21 bits per heavy atom. The SMILES string of the molecule is CCOc1ccc2ccccc2c1/C=C1/SC(=S)N(NC(=O)c2cccs2)C1=O. The lowest BCUT2D eigenvalue weighted by Gasteiger charge is -2.15. The van der Waals surface area contributed by atoms with Crippen LogP contribution in [0.4, 0.5) is 0 Å². The van der Waals surface area contributed by atoms with Gasteiger partial charge in [0, 0.05) is 5.56 Å². The molecule has 1 saturated heterocycles. The van der Waals surface area contributed by atoms with Gasteiger partial charge < -0.3 is 4.74 Å². The molecule has 5 nitrogen and oxygen atoms in total. The number of fused-ring (bicyclic) bond motifs is 1. The van der Waals surface area contributed by atoms with Gasteiger partial charge in [0.15, 0.2) is 4.32 Å². The summed E-state index contributed by atoms with van der Waals surface area (Å²) in [7, 11) is 0. The molecule has 4 rings (SSSR count). The molecule has 0 atom stereocenters. The monoisotopic (exact) mass is 440 g/mol. The quantitative estimate of drug-likeness (QED) is 0.454. The summed E-state index contributed by atoms with van der Waals surface area (Å²) in [6.07, 6.45) is 1.78. The largest absolute Gasteiger partial charge is 0.493 e. The maximum Gasteiger partial charge on any atom is 0.285 e. The third-order valence-corrected chi connectivity index (χ3v) is 6.43. The van der Waals surface area contributed by atoms with Gasteiger partial charge in [-0.2, -0.15) is 5.01 Å². The van der Waals surface area contributed by atoms with E-state index in [4.69, 9.17) is 17.0 Å². The average Bonchev–Trinajstić information content (AvgIpc) is 3.35. The lowest BCUT2D eigenvalue weighted by Crippen LogP contribution is -2.44. The summed E-state index contributed by atoms with van der Waals surface area (Å²) in [6.45, 7) is 2.43. The molecular formula is C21H16N2O3S3. The summed E-state index contributed by atoms with van der Waals surface area (Å²) < 4.78 is 6.06. The number of rotatable bonds is 5. The number of nitrogens with one attached hydrogen (secondary N) is 1. The second-order valence-electron chi connectivity index (χ2n) is 6.07. The van der Waals surface area contributed by atoms with Gasteiger partial charge in [-0.05, 0) is 53.5 Å². The third kappa shape index (κ3) is 3.91. The fourth-order valence-corrected chi connectivity index (χ4v) is 4.74. The number of nitrogens with zero attached hydrogens (tertiary/aromatic N) is 1. The van der Waals surface area contributed by atoms with Crippen molar-refractivity contribution >= 4 is 68.3 Å². The van der Waals surface area contributed by atoms with Gasteiger partial charge >= 0.3 is 0 Å². The summed E-state index contributed by atoms with van der Waals surface area (Å²) >= 11 is 7.77. The van der Waals surface area contributed by atoms with Gasteiger partial charge in [0.1, 0.15) is 5.75 Å². The van der Waals surface area contributed by atoms with E-state index in [9.17, 15) is 9.59 Å². The highest BCUT2D eigenvalue weighted by Gasteiger charge is 2.34. The van der Waals surface area contributed by atoms with E-state index in [0.29, 0.717) is 22.1 Å². The van der Waals surface area contributed by atoms with Crippen LogP contribution in [0.3, 0.4) is 0 Å². The van der Waals surface area contributed by atoms with Gasteiger partial charge in [-0.25, -0.2) is 0 Å². The van der Waals surface area contributed by atoms with Crippen LogP contribution in [0.2, 0.25) is 0 Å². The first-order valence-electron chi connectivity index (χ1n) is 8.85. The fourth-order valence-electron chi connectivity index (χ4n) is 2.97. The van der Waals surface area contributed by atoms with Crippen molar-refractivity contribution in [3.63, 3.8) is 0 Å². The molecular weight excluding hydrogens is 424 g/mol. The van der Waals surface area contributed by atoms with E-state index in [0.717, 1.165) is 33.1 Å². The Balaban J connectivity index is 1.68. The van der Waals surface area contributed by atoms with Crippen LogP contribution in [0, 0.1) is 0 Å². The van der Waals surface area contributed by atoms with Crippen LogP contribution >= 0.6 is 35.3 Å². The molecule has 0 bridgehead atoms. The Labute approximate surface area is 181 Å². The van der Waals surface area contributed by atoms with E-state index in [2.05, 4.69) is 5.43 Å². The maximum absolute atomic E-state index is 12.9. The van der Waals surface area contributed by atoms with Crippen molar-refractivity contribution in [2.45, 2.75) is 6.92 Å². The molecule has 0 aliphatic carbocycles. The Morgan fingerprint density at radius 2 is 2.03 bits per heavy atom. The molecule has 1 N–H and O–H groups in total. The summed E-state index contributed by atoms with van der Waals surface area (Å²) in [6, 6.07) is 15.3. The van der Waals surface area contributed by atoms with Crippen molar-refractivity contribution in [1.29, 1.82) is 0 Å². The number of hydrazine groups is 1. The van der Waals surface area contributed by atoms with Crippen LogP contribution in [-0.4, -0.2) is 27.8 Å². The van der Waals surface area contributed by atoms with Gasteiger partial charge in [0.25, 0.3) is 11.8 Å². The molecule has 29 heavy (non-hydrogen) atoms. The summed E-state index contributed by atoms with van der Waals surface area (Å²) in [5.41, 5.74) is 3.41. The molecule has 1 aliphatic rings. The number of thiocarbonyl (C=S) groups is 1. The zero-order valence-electron chi connectivity index (χ0n) is 15.4. The number of hydrogen-bond donors (Lipinski definition) is 1. The first kappa shape index (κ1) is 19.6. The van der Waals surface area contributed by atoms with E-state index in [1.54, 1.807) is 23.6 Å². The predicted molar refractivity (Wildman–Crippen MR) is 122 cm³/mol. The fraction of sp³-hybridized carbons (Fsp3) is 0.0952. The van der Waals surface area contributed by atoms with Crippen molar-refractivity contribution in [3.8, 4) is 5.75 Å². The Hall–Kier alpha value is -2.68. The molecule has 1 fully saturated rings. The summed E-state index contributed by atoms with van der Waals surface area (Å²) in [5, 5.41) is 4.95. The van der Waals surface area contributed by atoms with Crippen LogP contribution < -0.4 is 10.2 Å². The van der Waals surface area contributed by atoms with Crippen LogP contribution in [0.5, 0.6) is 5.75 Å². The lowest BCUT2D eigenvalue weighted by atomic mass is 10.0. The summed E-state index contributed by atoms with van der Waals surface area (Å²) in [5.74, 6) is -0.0305. The Morgan fingerprint density at radius 3 is 2.79 bits per heavy atom. The number of amides is 2. The van der Waals surface area contributed by atoms with Gasteiger partial charge in [0.05, 0.1) is 16.4 Å². The number of hydrogen-bond acceptors (Lipinski definition) is 6. The number of carbonyl (C=O) groups is 2. The molecule has 2 aromatic carbocycles. The van der Waals surface area contributed by atoms with Crippen molar-refractivity contribution in [2.75, 3.05) is 6.61 Å². The second kappa shape index (κ2) is 8.36. The first-order valence-corrected chi connectivity index (χ1v) is 11.0. The molecule has 146 valence electrons. The third-order valence-electron chi connectivity index (χ3n) is 4.26. The number of carbonyl (C=O) groups excluding carboxylic acids is 2. The molecule has 0 radical (unpaired) electrons. The lowest BCUT2D eigenvalue weighted by molar-refractivity contribution is -0.123. The number of ether oxygens (including phenoxy) is 1. The highest BCUT2D eigenvalue weighted by atomic mass is 32.2. The molecule has 2 amide bonds. The van der Waals surface area contributed by atoms with Crippen LogP contribution in [-0.2, 0) is 4.79 Å². The van der Waals surface area contributed by atoms with Crippen LogP contribution in [0.1, 0.15) is 22.2 Å². The zero-order chi connectivity index (χ0) is 20.4. The van der Waals surface area contributed by atoms with E-state index >= 15 is 0 Å². The molecule has 1 aliphatic heterocycles. The van der Waals surface area contributed by atoms with Gasteiger partial charge in [-0.1, -0.05) is 48.2 Å². The molecule has 0 saturated carbocycles. The van der Waals surface area contributed by atoms with Gasteiger partial charge in [-0.3, -0.25) is 15.0 Å². The number of thioether (sulfide) groups is 1. The smallest absolute Gasteiger partial charge is 0.285 e. The Kier molecular flexibility index (Phi) is 5.66. The van der Waals surface area contributed by atoms with Gasteiger partial charge in [-0.15, -0.1) is 11.3 Å². The zero-order valence-corrected chi connectivity index (χ0v) is 17.8. The normalized spacial score (nSPS) is 15.3. The van der Waals surface area contributed by atoms with Crippen molar-refractivity contribution in [3.05, 3.63) is 69.3 Å². The molecule has 0 spiro atoms. The van der Waals surface area contributed by atoms with Gasteiger partial charge in [0.2, 0.25) is 0 Å². The van der Waals surface area contributed by atoms with Crippen LogP contribution in [0.15, 0.2) is 58.8 Å². The topological polar surface area (TPSA) is 58.6 Å².